The van der Waals surface area contributed by atoms with Crippen LogP contribution in [0.4, 0.5) is 5.69 Å². The number of aryl methyl sites for hydroxylation is 1. The van der Waals surface area contributed by atoms with Gasteiger partial charge in [-0.1, -0.05) is 23.7 Å². The lowest BCUT2D eigenvalue weighted by molar-refractivity contribution is 0.307. The van der Waals surface area contributed by atoms with Crippen LogP contribution in [0.3, 0.4) is 0 Å². The standard InChI is InChI=1S/C20H26ClN3S2/c1-16-7-8-17(14-19(16)21)22-20(25)24(15-18-6-4-13-26-18)12-5-11-23-9-2-3-10-23/h4,6-8,13-14H,2-3,5,9-12,15H2,1H3,(H,22,25). The number of likely N-dealkylation sites (tertiary alicyclic amines) is 1. The molecule has 1 fully saturated rings. The van der Waals surface area contributed by atoms with Gasteiger partial charge < -0.3 is 15.1 Å². The fraction of sp³-hybridized carbons (Fsp3) is 0.450. The third-order valence-corrected chi connectivity index (χ3v) is 6.37. The molecule has 0 unspecified atom stereocenters. The minimum atomic E-state index is 0.761. The fourth-order valence-corrected chi connectivity index (χ4v) is 4.38. The van der Waals surface area contributed by atoms with E-state index in [1.165, 1.54) is 30.8 Å². The zero-order valence-corrected chi connectivity index (χ0v) is 17.6. The Kier molecular flexibility index (Phi) is 7.32. The number of hydrogen-bond donors (Lipinski definition) is 1. The number of halogens is 1. The van der Waals surface area contributed by atoms with Crippen molar-refractivity contribution >= 4 is 46.0 Å². The van der Waals surface area contributed by atoms with Crippen LogP contribution in [0.15, 0.2) is 35.7 Å². The van der Waals surface area contributed by atoms with E-state index in [9.17, 15) is 0 Å². The number of benzene rings is 1. The molecule has 0 amide bonds. The minimum absolute atomic E-state index is 0.761. The van der Waals surface area contributed by atoms with Crippen LogP contribution in [0.1, 0.15) is 29.7 Å². The smallest absolute Gasteiger partial charge is 0.173 e. The average Bonchev–Trinajstić information content (AvgIpc) is 3.31. The van der Waals surface area contributed by atoms with Gasteiger partial charge in [0, 0.05) is 22.1 Å². The third kappa shape index (κ3) is 5.68. The summed E-state index contributed by atoms with van der Waals surface area (Å²) in [6, 6.07) is 10.3. The molecule has 2 aromatic rings. The molecule has 1 N–H and O–H groups in total. The van der Waals surface area contributed by atoms with E-state index in [2.05, 4.69) is 32.6 Å². The molecule has 3 rings (SSSR count). The molecule has 140 valence electrons. The summed E-state index contributed by atoms with van der Waals surface area (Å²) in [4.78, 5) is 6.15. The van der Waals surface area contributed by atoms with Crippen molar-refractivity contribution in [2.24, 2.45) is 0 Å². The van der Waals surface area contributed by atoms with Crippen molar-refractivity contribution in [1.29, 1.82) is 0 Å². The molecule has 1 aliphatic rings. The van der Waals surface area contributed by atoms with Crippen molar-refractivity contribution in [3.05, 3.63) is 51.2 Å². The number of hydrogen-bond acceptors (Lipinski definition) is 3. The topological polar surface area (TPSA) is 18.5 Å². The van der Waals surface area contributed by atoms with Crippen molar-refractivity contribution in [2.75, 3.05) is 31.5 Å². The van der Waals surface area contributed by atoms with Gasteiger partial charge in [0.25, 0.3) is 0 Å². The summed E-state index contributed by atoms with van der Waals surface area (Å²) in [5.74, 6) is 0. The highest BCUT2D eigenvalue weighted by atomic mass is 35.5. The van der Waals surface area contributed by atoms with Gasteiger partial charge in [-0.3, -0.25) is 0 Å². The first-order valence-corrected chi connectivity index (χ1v) is 10.9. The Hall–Kier alpha value is -1.14. The Labute approximate surface area is 171 Å². The number of thiophene rings is 1. The molecular weight excluding hydrogens is 382 g/mol. The molecule has 0 aliphatic carbocycles. The maximum absolute atomic E-state index is 6.25. The van der Waals surface area contributed by atoms with Crippen LogP contribution >= 0.6 is 35.2 Å². The van der Waals surface area contributed by atoms with Crippen LogP contribution in [-0.2, 0) is 6.54 Å². The quantitative estimate of drug-likeness (QED) is 0.619. The molecular formula is C20H26ClN3S2. The highest BCUT2D eigenvalue weighted by molar-refractivity contribution is 7.80. The summed E-state index contributed by atoms with van der Waals surface area (Å²) in [5.41, 5.74) is 2.02. The highest BCUT2D eigenvalue weighted by Crippen LogP contribution is 2.21. The molecule has 0 bridgehead atoms. The second kappa shape index (κ2) is 9.70. The number of rotatable bonds is 7. The van der Waals surface area contributed by atoms with E-state index in [0.717, 1.165) is 47.4 Å². The van der Waals surface area contributed by atoms with Crippen molar-refractivity contribution in [3.8, 4) is 0 Å². The first-order chi connectivity index (χ1) is 12.6. The Balaban J connectivity index is 1.60. The molecule has 0 atom stereocenters. The zero-order valence-electron chi connectivity index (χ0n) is 15.2. The average molecular weight is 408 g/mol. The molecule has 3 nitrogen and oxygen atoms in total. The first kappa shape index (κ1) is 19.6. The van der Waals surface area contributed by atoms with Gasteiger partial charge >= 0.3 is 0 Å². The second-order valence-corrected chi connectivity index (χ2v) is 8.62. The van der Waals surface area contributed by atoms with E-state index in [1.807, 2.05) is 25.1 Å². The number of thiocarbonyl (C=S) groups is 1. The Morgan fingerprint density at radius 3 is 2.81 bits per heavy atom. The normalized spacial score (nSPS) is 14.5. The van der Waals surface area contributed by atoms with Gasteiger partial charge in [0.2, 0.25) is 0 Å². The summed E-state index contributed by atoms with van der Waals surface area (Å²) in [7, 11) is 0. The van der Waals surface area contributed by atoms with Gasteiger partial charge in [-0.05, 0) is 87.2 Å². The van der Waals surface area contributed by atoms with E-state index < -0.39 is 0 Å². The summed E-state index contributed by atoms with van der Waals surface area (Å²) in [6.45, 7) is 7.46. The Morgan fingerprint density at radius 1 is 1.31 bits per heavy atom. The molecule has 0 saturated carbocycles. The lowest BCUT2D eigenvalue weighted by Crippen LogP contribution is -2.36. The summed E-state index contributed by atoms with van der Waals surface area (Å²) in [5, 5.41) is 7.01. The van der Waals surface area contributed by atoms with Crippen LogP contribution in [-0.4, -0.2) is 41.1 Å². The zero-order chi connectivity index (χ0) is 18.4. The van der Waals surface area contributed by atoms with Crippen LogP contribution in [0.2, 0.25) is 5.02 Å². The van der Waals surface area contributed by atoms with Crippen molar-refractivity contribution in [1.82, 2.24) is 9.80 Å². The van der Waals surface area contributed by atoms with Crippen molar-refractivity contribution in [2.45, 2.75) is 32.7 Å². The largest absolute Gasteiger partial charge is 0.344 e. The fourth-order valence-electron chi connectivity index (χ4n) is 3.21. The molecule has 1 saturated heterocycles. The highest BCUT2D eigenvalue weighted by Gasteiger charge is 2.15. The predicted molar refractivity (Wildman–Crippen MR) is 117 cm³/mol. The first-order valence-electron chi connectivity index (χ1n) is 9.18. The molecule has 2 heterocycles. The Morgan fingerprint density at radius 2 is 2.12 bits per heavy atom. The van der Waals surface area contributed by atoms with Gasteiger partial charge in [-0.25, -0.2) is 0 Å². The minimum Gasteiger partial charge on any atom is -0.344 e. The summed E-state index contributed by atoms with van der Waals surface area (Å²) in [6.07, 6.45) is 3.81. The molecule has 26 heavy (non-hydrogen) atoms. The molecule has 0 radical (unpaired) electrons. The van der Waals surface area contributed by atoms with Crippen LogP contribution in [0, 0.1) is 6.92 Å². The molecule has 1 aliphatic heterocycles. The van der Waals surface area contributed by atoms with E-state index in [0.29, 0.717) is 0 Å². The van der Waals surface area contributed by atoms with E-state index in [1.54, 1.807) is 11.3 Å². The number of nitrogens with one attached hydrogen (secondary N) is 1. The van der Waals surface area contributed by atoms with Crippen molar-refractivity contribution < 1.29 is 0 Å². The maximum Gasteiger partial charge on any atom is 0.173 e. The molecule has 1 aromatic heterocycles. The van der Waals surface area contributed by atoms with Crippen LogP contribution < -0.4 is 5.32 Å². The predicted octanol–water partition coefficient (Wildman–Crippen LogP) is 5.39. The second-order valence-electron chi connectivity index (χ2n) is 6.80. The van der Waals surface area contributed by atoms with Crippen LogP contribution in [0.5, 0.6) is 0 Å². The number of nitrogens with zero attached hydrogens (tertiary/aromatic N) is 2. The van der Waals surface area contributed by atoms with Crippen LogP contribution in [0.25, 0.3) is 0 Å². The maximum atomic E-state index is 6.25. The van der Waals surface area contributed by atoms with E-state index >= 15 is 0 Å². The van der Waals surface area contributed by atoms with Gasteiger partial charge in [0.15, 0.2) is 5.11 Å². The SMILES string of the molecule is Cc1ccc(NC(=S)N(CCCN2CCCC2)Cc2cccs2)cc1Cl. The molecule has 0 spiro atoms. The third-order valence-electron chi connectivity index (χ3n) is 4.74. The molecule has 6 heteroatoms. The molecule has 1 aromatic carbocycles. The van der Waals surface area contributed by atoms with E-state index in [4.69, 9.17) is 23.8 Å². The van der Waals surface area contributed by atoms with Gasteiger partial charge in [-0.15, -0.1) is 11.3 Å². The van der Waals surface area contributed by atoms with E-state index in [-0.39, 0.29) is 0 Å². The van der Waals surface area contributed by atoms with Gasteiger partial charge in [0.05, 0.1) is 6.54 Å². The monoisotopic (exact) mass is 407 g/mol. The van der Waals surface area contributed by atoms with Crippen molar-refractivity contribution in [3.63, 3.8) is 0 Å². The lowest BCUT2D eigenvalue weighted by Gasteiger charge is -2.26. The van der Waals surface area contributed by atoms with Gasteiger partial charge in [0.1, 0.15) is 0 Å². The summed E-state index contributed by atoms with van der Waals surface area (Å²) < 4.78 is 0. The summed E-state index contributed by atoms with van der Waals surface area (Å²) >= 11 is 13.7. The number of anilines is 1. The van der Waals surface area contributed by atoms with Gasteiger partial charge in [-0.2, -0.15) is 0 Å². The Bertz CT molecular complexity index is 712. The lowest BCUT2D eigenvalue weighted by atomic mass is 10.2.